The van der Waals surface area contributed by atoms with Crippen LogP contribution < -0.4 is 5.73 Å². The molecule has 2 saturated heterocycles. The summed E-state index contributed by atoms with van der Waals surface area (Å²) in [5.74, 6) is 0.370. The van der Waals surface area contributed by atoms with E-state index in [1.54, 1.807) is 0 Å². The second-order valence-corrected chi connectivity index (χ2v) is 5.66. The highest BCUT2D eigenvalue weighted by Crippen LogP contribution is 2.25. The number of nitrogens with two attached hydrogens (primary N) is 1. The zero-order valence-electron chi connectivity index (χ0n) is 12.6. The van der Waals surface area contributed by atoms with Crippen LogP contribution in [0.3, 0.4) is 0 Å². The smallest absolute Gasteiger partial charge is 0.253 e. The number of ether oxygens (including phenoxy) is 2. The quantitative estimate of drug-likeness (QED) is 0.919. The molecule has 0 bridgehead atoms. The van der Waals surface area contributed by atoms with E-state index < -0.39 is 0 Å². The minimum Gasteiger partial charge on any atom is -0.350 e. The number of carbonyl (C=O) groups excluding carboxylic acids is 1. The van der Waals surface area contributed by atoms with Crippen molar-refractivity contribution in [1.82, 2.24) is 4.90 Å². The van der Waals surface area contributed by atoms with E-state index >= 15 is 0 Å². The lowest BCUT2D eigenvalue weighted by molar-refractivity contribution is -0.0969. The van der Waals surface area contributed by atoms with Crippen molar-refractivity contribution in [1.29, 1.82) is 0 Å². The Kier molecular flexibility index (Phi) is 6.20. The first-order chi connectivity index (χ1) is 10.3. The number of nitrogens with zero attached hydrogens (tertiary/aromatic N) is 1. The van der Waals surface area contributed by atoms with Gasteiger partial charge in [-0.2, -0.15) is 0 Å². The minimum absolute atomic E-state index is 0. The molecular weight excluding hydrogens is 304 g/mol. The van der Waals surface area contributed by atoms with Gasteiger partial charge in [0.2, 0.25) is 0 Å². The van der Waals surface area contributed by atoms with Crippen LogP contribution in [0.1, 0.15) is 28.8 Å². The lowest BCUT2D eigenvalue weighted by Crippen LogP contribution is -2.43. The van der Waals surface area contributed by atoms with Crippen molar-refractivity contribution >= 4 is 18.3 Å². The molecule has 5 nitrogen and oxygen atoms in total. The van der Waals surface area contributed by atoms with Crippen LogP contribution in [-0.4, -0.2) is 43.4 Å². The number of hydrogen-bond donors (Lipinski definition) is 1. The zero-order valence-corrected chi connectivity index (χ0v) is 13.4. The fraction of sp³-hybridized carbons (Fsp3) is 0.562. The summed E-state index contributed by atoms with van der Waals surface area (Å²) in [4.78, 5) is 14.5. The summed E-state index contributed by atoms with van der Waals surface area (Å²) in [7, 11) is 0. The zero-order chi connectivity index (χ0) is 14.7. The normalized spacial score (nSPS) is 22.4. The Morgan fingerprint density at radius 2 is 1.91 bits per heavy atom. The van der Waals surface area contributed by atoms with Crippen molar-refractivity contribution in [3.63, 3.8) is 0 Å². The fourth-order valence-electron chi connectivity index (χ4n) is 3.03. The van der Waals surface area contributed by atoms with Crippen LogP contribution >= 0.6 is 12.4 Å². The average Bonchev–Trinajstić information content (AvgIpc) is 3.09. The van der Waals surface area contributed by atoms with Crippen molar-refractivity contribution in [3.05, 3.63) is 35.4 Å². The molecule has 2 aliphatic rings. The summed E-state index contributed by atoms with van der Waals surface area (Å²) >= 11 is 0. The molecule has 1 amide bonds. The van der Waals surface area contributed by atoms with E-state index in [2.05, 4.69) is 0 Å². The molecule has 1 aromatic rings. The van der Waals surface area contributed by atoms with Gasteiger partial charge in [-0.1, -0.05) is 12.1 Å². The van der Waals surface area contributed by atoms with Crippen LogP contribution in [0.2, 0.25) is 0 Å². The van der Waals surface area contributed by atoms with Gasteiger partial charge in [-0.15, -0.1) is 12.4 Å². The lowest BCUT2D eigenvalue weighted by atomic mass is 9.96. The van der Waals surface area contributed by atoms with Gasteiger partial charge in [0.25, 0.3) is 5.91 Å². The molecular formula is C16H23ClN2O3. The minimum atomic E-state index is -0.139. The van der Waals surface area contributed by atoms with E-state index in [4.69, 9.17) is 15.2 Å². The average molecular weight is 327 g/mol. The molecule has 122 valence electrons. The highest BCUT2D eigenvalue weighted by molar-refractivity contribution is 5.94. The molecule has 1 aromatic carbocycles. The SMILES string of the molecule is Cl.NCc1ccc(C(=O)N2CCCC(C3OCCO3)C2)cc1. The van der Waals surface area contributed by atoms with Crippen LogP contribution in [0.4, 0.5) is 0 Å². The van der Waals surface area contributed by atoms with Crippen molar-refractivity contribution < 1.29 is 14.3 Å². The second kappa shape index (κ2) is 7.92. The molecule has 6 heteroatoms. The molecule has 0 saturated carbocycles. The molecule has 22 heavy (non-hydrogen) atoms. The molecule has 0 radical (unpaired) electrons. The van der Waals surface area contributed by atoms with E-state index in [0.717, 1.165) is 30.5 Å². The van der Waals surface area contributed by atoms with Gasteiger partial charge in [0, 0.05) is 31.1 Å². The summed E-state index contributed by atoms with van der Waals surface area (Å²) in [6.07, 6.45) is 1.92. The number of rotatable bonds is 3. The highest BCUT2D eigenvalue weighted by atomic mass is 35.5. The van der Waals surface area contributed by atoms with Gasteiger partial charge in [-0.05, 0) is 30.5 Å². The molecule has 0 aliphatic carbocycles. The first-order valence-corrected chi connectivity index (χ1v) is 7.59. The molecule has 2 fully saturated rings. The van der Waals surface area contributed by atoms with Crippen LogP contribution in [0.25, 0.3) is 0 Å². The third-order valence-corrected chi connectivity index (χ3v) is 4.21. The van der Waals surface area contributed by atoms with Crippen LogP contribution in [0.15, 0.2) is 24.3 Å². The fourth-order valence-corrected chi connectivity index (χ4v) is 3.03. The topological polar surface area (TPSA) is 64.8 Å². The van der Waals surface area contributed by atoms with Crippen molar-refractivity contribution in [3.8, 4) is 0 Å². The first-order valence-electron chi connectivity index (χ1n) is 7.59. The Labute approximate surface area is 137 Å². The maximum atomic E-state index is 12.6. The second-order valence-electron chi connectivity index (χ2n) is 5.66. The Bertz CT molecular complexity index is 489. The van der Waals surface area contributed by atoms with Gasteiger partial charge < -0.3 is 20.1 Å². The summed E-state index contributed by atoms with van der Waals surface area (Å²) in [5, 5.41) is 0. The molecule has 0 spiro atoms. The molecule has 1 unspecified atom stereocenters. The molecule has 1 atom stereocenters. The van der Waals surface area contributed by atoms with Crippen LogP contribution in [0.5, 0.6) is 0 Å². The van der Waals surface area contributed by atoms with Gasteiger partial charge in [0.05, 0.1) is 13.2 Å². The number of amides is 1. The number of likely N-dealkylation sites (tertiary alicyclic amines) is 1. The number of hydrogen-bond acceptors (Lipinski definition) is 4. The van der Waals surface area contributed by atoms with Crippen molar-refractivity contribution in [2.45, 2.75) is 25.7 Å². The van der Waals surface area contributed by atoms with Gasteiger partial charge in [-0.3, -0.25) is 4.79 Å². The largest absolute Gasteiger partial charge is 0.350 e. The van der Waals surface area contributed by atoms with E-state index in [1.165, 1.54) is 0 Å². The molecule has 2 aliphatic heterocycles. The van der Waals surface area contributed by atoms with Gasteiger partial charge >= 0.3 is 0 Å². The molecule has 2 heterocycles. The summed E-state index contributed by atoms with van der Waals surface area (Å²) in [6.45, 7) is 3.34. The van der Waals surface area contributed by atoms with Crippen LogP contribution in [0, 0.1) is 5.92 Å². The van der Waals surface area contributed by atoms with Crippen molar-refractivity contribution in [2.24, 2.45) is 11.7 Å². The Hall–Kier alpha value is -1.14. The van der Waals surface area contributed by atoms with Gasteiger partial charge in [0.1, 0.15) is 0 Å². The van der Waals surface area contributed by atoms with E-state index in [0.29, 0.717) is 26.3 Å². The van der Waals surface area contributed by atoms with Gasteiger partial charge in [-0.25, -0.2) is 0 Å². The van der Waals surface area contributed by atoms with Gasteiger partial charge in [0.15, 0.2) is 6.29 Å². The number of piperidine rings is 1. The summed E-state index contributed by atoms with van der Waals surface area (Å²) in [5.41, 5.74) is 7.34. The number of benzene rings is 1. The summed E-state index contributed by atoms with van der Waals surface area (Å²) < 4.78 is 11.2. The first kappa shape index (κ1) is 17.2. The maximum absolute atomic E-state index is 12.6. The molecule has 3 rings (SSSR count). The Morgan fingerprint density at radius 1 is 1.23 bits per heavy atom. The summed E-state index contributed by atoms with van der Waals surface area (Å²) in [6, 6.07) is 7.54. The number of carbonyl (C=O) groups is 1. The van der Waals surface area contributed by atoms with Crippen molar-refractivity contribution in [2.75, 3.05) is 26.3 Å². The Balaban J connectivity index is 0.00000176. The predicted octanol–water partition coefficient (Wildman–Crippen LogP) is 1.79. The van der Waals surface area contributed by atoms with Crippen LogP contribution in [-0.2, 0) is 16.0 Å². The monoisotopic (exact) mass is 326 g/mol. The molecule has 0 aromatic heterocycles. The van der Waals surface area contributed by atoms with E-state index in [-0.39, 0.29) is 30.5 Å². The lowest BCUT2D eigenvalue weighted by Gasteiger charge is -2.34. The highest BCUT2D eigenvalue weighted by Gasteiger charge is 2.32. The third-order valence-electron chi connectivity index (χ3n) is 4.21. The van der Waals surface area contributed by atoms with E-state index in [9.17, 15) is 4.79 Å². The third kappa shape index (κ3) is 3.79. The maximum Gasteiger partial charge on any atom is 0.253 e. The predicted molar refractivity (Wildman–Crippen MR) is 85.9 cm³/mol. The number of halogens is 1. The standard InChI is InChI=1S/C16H22N2O3.ClH/c17-10-12-3-5-13(6-4-12)15(19)18-7-1-2-14(11-18)16-20-8-9-21-16;/h3-6,14,16H,1-2,7-11,17H2;1H. The molecule has 2 N–H and O–H groups in total. The van der Waals surface area contributed by atoms with E-state index in [1.807, 2.05) is 29.2 Å². The Morgan fingerprint density at radius 3 is 2.55 bits per heavy atom.